The SMILES string of the molecule is OC(c1cccc(OC2CC2)c1)c1c(F)cc(F)cc1F. The molecule has 3 rings (SSSR count). The van der Waals surface area contributed by atoms with E-state index in [1.807, 2.05) is 0 Å². The molecule has 1 unspecified atom stereocenters. The first-order valence-electron chi connectivity index (χ1n) is 6.63. The molecule has 0 saturated heterocycles. The van der Waals surface area contributed by atoms with Crippen LogP contribution in [0.15, 0.2) is 36.4 Å². The predicted molar refractivity (Wildman–Crippen MR) is 70.5 cm³/mol. The van der Waals surface area contributed by atoms with Crippen molar-refractivity contribution in [3.63, 3.8) is 0 Å². The Hall–Kier alpha value is -2.01. The van der Waals surface area contributed by atoms with Gasteiger partial charge in [0.2, 0.25) is 0 Å². The first kappa shape index (κ1) is 13.9. The highest BCUT2D eigenvalue weighted by Crippen LogP contribution is 2.31. The minimum absolute atomic E-state index is 0.177. The van der Waals surface area contributed by atoms with E-state index in [4.69, 9.17) is 4.74 Å². The number of hydrogen-bond acceptors (Lipinski definition) is 2. The molecule has 0 radical (unpaired) electrons. The van der Waals surface area contributed by atoms with Crippen LogP contribution in [0.4, 0.5) is 13.2 Å². The van der Waals surface area contributed by atoms with E-state index in [1.165, 1.54) is 12.1 Å². The number of hydrogen-bond donors (Lipinski definition) is 1. The Labute approximate surface area is 119 Å². The third-order valence-corrected chi connectivity index (χ3v) is 3.32. The van der Waals surface area contributed by atoms with E-state index in [-0.39, 0.29) is 11.7 Å². The van der Waals surface area contributed by atoms with Crippen molar-refractivity contribution in [3.05, 3.63) is 65.0 Å². The fourth-order valence-electron chi connectivity index (χ4n) is 2.12. The van der Waals surface area contributed by atoms with Crippen LogP contribution in [-0.4, -0.2) is 11.2 Å². The van der Waals surface area contributed by atoms with Gasteiger partial charge in [-0.1, -0.05) is 12.1 Å². The molecule has 5 heteroatoms. The van der Waals surface area contributed by atoms with Gasteiger partial charge in [-0.3, -0.25) is 0 Å². The highest BCUT2D eigenvalue weighted by Gasteiger charge is 2.25. The van der Waals surface area contributed by atoms with E-state index >= 15 is 0 Å². The number of aliphatic hydroxyl groups excluding tert-OH is 1. The zero-order chi connectivity index (χ0) is 15.0. The van der Waals surface area contributed by atoms with Crippen molar-refractivity contribution in [1.82, 2.24) is 0 Å². The maximum atomic E-state index is 13.7. The molecule has 0 heterocycles. The third kappa shape index (κ3) is 3.03. The van der Waals surface area contributed by atoms with Crippen LogP contribution < -0.4 is 4.74 Å². The Kier molecular flexibility index (Phi) is 3.59. The number of ether oxygens (including phenoxy) is 1. The fraction of sp³-hybridized carbons (Fsp3) is 0.250. The average Bonchev–Trinajstić information content (AvgIpc) is 3.21. The normalized spacial score (nSPS) is 15.8. The lowest BCUT2D eigenvalue weighted by Gasteiger charge is -2.15. The van der Waals surface area contributed by atoms with Crippen LogP contribution in [0.3, 0.4) is 0 Å². The van der Waals surface area contributed by atoms with E-state index < -0.39 is 29.1 Å². The summed E-state index contributed by atoms with van der Waals surface area (Å²) < 4.78 is 45.9. The monoisotopic (exact) mass is 294 g/mol. The van der Waals surface area contributed by atoms with Crippen LogP contribution in [0.1, 0.15) is 30.1 Å². The molecule has 2 nitrogen and oxygen atoms in total. The van der Waals surface area contributed by atoms with Crippen molar-refractivity contribution in [2.24, 2.45) is 0 Å². The molecule has 110 valence electrons. The summed E-state index contributed by atoms with van der Waals surface area (Å²) in [6, 6.07) is 7.51. The molecule has 2 aromatic carbocycles. The van der Waals surface area contributed by atoms with E-state index in [1.54, 1.807) is 12.1 Å². The summed E-state index contributed by atoms with van der Waals surface area (Å²) in [5.74, 6) is -2.72. The Morgan fingerprint density at radius 1 is 1.05 bits per heavy atom. The fourth-order valence-corrected chi connectivity index (χ4v) is 2.12. The van der Waals surface area contributed by atoms with Gasteiger partial charge in [-0.2, -0.15) is 0 Å². The van der Waals surface area contributed by atoms with Crippen LogP contribution >= 0.6 is 0 Å². The first-order valence-corrected chi connectivity index (χ1v) is 6.63. The number of aliphatic hydroxyl groups is 1. The molecule has 0 spiro atoms. The van der Waals surface area contributed by atoms with E-state index in [2.05, 4.69) is 0 Å². The van der Waals surface area contributed by atoms with Crippen molar-refractivity contribution in [3.8, 4) is 5.75 Å². The Balaban J connectivity index is 1.92. The van der Waals surface area contributed by atoms with E-state index in [0.717, 1.165) is 12.8 Å². The lowest BCUT2D eigenvalue weighted by Crippen LogP contribution is -2.07. The van der Waals surface area contributed by atoms with Crippen molar-refractivity contribution >= 4 is 0 Å². The number of rotatable bonds is 4. The zero-order valence-electron chi connectivity index (χ0n) is 11.0. The van der Waals surface area contributed by atoms with Crippen LogP contribution in [0.25, 0.3) is 0 Å². The molecule has 0 aromatic heterocycles. The van der Waals surface area contributed by atoms with Crippen LogP contribution in [0, 0.1) is 17.5 Å². The van der Waals surface area contributed by atoms with Crippen LogP contribution in [0.2, 0.25) is 0 Å². The van der Waals surface area contributed by atoms with E-state index in [9.17, 15) is 18.3 Å². The zero-order valence-corrected chi connectivity index (χ0v) is 11.0. The Morgan fingerprint density at radius 2 is 1.71 bits per heavy atom. The number of halogens is 3. The summed E-state index contributed by atoms with van der Waals surface area (Å²) in [5.41, 5.74) is -0.280. The minimum Gasteiger partial charge on any atom is -0.490 e. The second-order valence-corrected chi connectivity index (χ2v) is 5.08. The summed E-state index contributed by atoms with van der Waals surface area (Å²) in [4.78, 5) is 0. The highest BCUT2D eigenvalue weighted by molar-refractivity contribution is 5.36. The predicted octanol–water partition coefficient (Wildman–Crippen LogP) is 3.73. The Bertz CT molecular complexity index is 645. The number of benzene rings is 2. The van der Waals surface area contributed by atoms with Crippen molar-refractivity contribution in [2.75, 3.05) is 0 Å². The summed E-state index contributed by atoms with van der Waals surface area (Å²) in [7, 11) is 0. The molecule has 1 aliphatic carbocycles. The van der Waals surface area contributed by atoms with Gasteiger partial charge in [0.25, 0.3) is 0 Å². The summed E-state index contributed by atoms with van der Waals surface area (Å²) >= 11 is 0. The van der Waals surface area contributed by atoms with Crippen LogP contribution in [-0.2, 0) is 0 Å². The molecule has 0 aliphatic heterocycles. The van der Waals surface area contributed by atoms with Crippen LogP contribution in [0.5, 0.6) is 5.75 Å². The molecular weight excluding hydrogens is 281 g/mol. The summed E-state index contributed by atoms with van der Waals surface area (Å²) in [5, 5.41) is 10.2. The molecule has 0 amide bonds. The summed E-state index contributed by atoms with van der Waals surface area (Å²) in [6.07, 6.45) is 0.618. The lowest BCUT2D eigenvalue weighted by atomic mass is 10.00. The smallest absolute Gasteiger partial charge is 0.135 e. The van der Waals surface area contributed by atoms with Crippen molar-refractivity contribution < 1.29 is 23.0 Å². The first-order chi connectivity index (χ1) is 10.0. The molecular formula is C16H13F3O2. The third-order valence-electron chi connectivity index (χ3n) is 3.32. The molecule has 1 N–H and O–H groups in total. The topological polar surface area (TPSA) is 29.5 Å². The van der Waals surface area contributed by atoms with Gasteiger partial charge in [-0.15, -0.1) is 0 Å². The van der Waals surface area contributed by atoms with Gasteiger partial charge in [-0.25, -0.2) is 13.2 Å². The maximum Gasteiger partial charge on any atom is 0.135 e. The standard InChI is InChI=1S/C16H13F3O2/c17-10-7-13(18)15(14(19)8-10)16(20)9-2-1-3-12(6-9)21-11-4-5-11/h1-3,6-8,11,16,20H,4-5H2. The molecule has 1 saturated carbocycles. The molecule has 1 fully saturated rings. The molecule has 2 aromatic rings. The average molecular weight is 294 g/mol. The van der Waals surface area contributed by atoms with Gasteiger partial charge in [0.15, 0.2) is 0 Å². The Morgan fingerprint density at radius 3 is 2.33 bits per heavy atom. The van der Waals surface area contributed by atoms with Gasteiger partial charge < -0.3 is 9.84 Å². The minimum atomic E-state index is -1.52. The molecule has 21 heavy (non-hydrogen) atoms. The van der Waals surface area contributed by atoms with Gasteiger partial charge >= 0.3 is 0 Å². The molecule has 1 atom stereocenters. The second kappa shape index (κ2) is 5.41. The van der Waals surface area contributed by atoms with E-state index in [0.29, 0.717) is 17.9 Å². The second-order valence-electron chi connectivity index (χ2n) is 5.08. The van der Waals surface area contributed by atoms with Gasteiger partial charge in [0.05, 0.1) is 11.7 Å². The van der Waals surface area contributed by atoms with Gasteiger partial charge in [-0.05, 0) is 30.5 Å². The van der Waals surface area contributed by atoms with Crippen molar-refractivity contribution in [2.45, 2.75) is 25.0 Å². The molecule has 0 bridgehead atoms. The quantitative estimate of drug-likeness (QED) is 0.931. The maximum absolute atomic E-state index is 13.7. The summed E-state index contributed by atoms with van der Waals surface area (Å²) in [6.45, 7) is 0. The molecule has 1 aliphatic rings. The van der Waals surface area contributed by atoms with Gasteiger partial charge in [0.1, 0.15) is 29.3 Å². The largest absolute Gasteiger partial charge is 0.490 e. The van der Waals surface area contributed by atoms with Gasteiger partial charge in [0, 0.05) is 12.1 Å². The lowest BCUT2D eigenvalue weighted by molar-refractivity contribution is 0.207. The highest BCUT2D eigenvalue weighted by atomic mass is 19.1. The van der Waals surface area contributed by atoms with Crippen molar-refractivity contribution in [1.29, 1.82) is 0 Å².